The SMILES string of the molecule is C.C.C.C.C.C.C=CC(=O)COc1ccc(CC(=O)O)c(C)c1.C=CC(=O)OCOc1ccc(CC(=O)Oc2ccc(C(c3ccc(OC(=O)Cc4ccc(OCOC(=O)C=C)cc4C)cc3)(C(F)(F)F)C(F)(F)F)cc2)c(C)c1.Oc1ccc(C(c2ccc(O)cc2)(C(F)(F)F)C(F)(F)F)cc1. The molecule has 0 saturated carbocycles. The highest BCUT2D eigenvalue weighted by Crippen LogP contribution is 2.58. The first kappa shape index (κ1) is 94.0. The molecule has 28 heteroatoms. The Labute approximate surface area is 589 Å². The Morgan fingerprint density at radius 2 is 0.641 bits per heavy atom. The van der Waals surface area contributed by atoms with Crippen LogP contribution in [0.1, 0.15) is 100 Å². The molecule has 562 valence electrons. The van der Waals surface area contributed by atoms with Crippen LogP contribution in [0.4, 0.5) is 52.7 Å². The first-order valence-corrected chi connectivity index (χ1v) is 28.0. The van der Waals surface area contributed by atoms with Gasteiger partial charge in [-0.05, 0) is 167 Å². The van der Waals surface area contributed by atoms with Gasteiger partial charge in [-0.3, -0.25) is 19.2 Å². The van der Waals surface area contributed by atoms with E-state index in [-0.39, 0.29) is 101 Å². The summed E-state index contributed by atoms with van der Waals surface area (Å²) in [6, 6.07) is 25.1. The van der Waals surface area contributed by atoms with Crippen molar-refractivity contribution >= 4 is 35.6 Å². The molecule has 0 aliphatic rings. The third-order valence-corrected chi connectivity index (χ3v) is 14.1. The first-order valence-electron chi connectivity index (χ1n) is 28.0. The summed E-state index contributed by atoms with van der Waals surface area (Å²) in [5.74, 6) is -4.51. The lowest BCUT2D eigenvalue weighted by Gasteiger charge is -2.38. The van der Waals surface area contributed by atoms with Gasteiger partial charge in [-0.25, -0.2) is 9.59 Å². The van der Waals surface area contributed by atoms with Gasteiger partial charge >= 0.3 is 54.6 Å². The van der Waals surface area contributed by atoms with Crippen LogP contribution in [0.3, 0.4) is 0 Å². The maximum absolute atomic E-state index is 14.8. The number of rotatable bonds is 24. The molecule has 3 N–H and O–H groups in total. The zero-order valence-electron chi connectivity index (χ0n) is 51.2. The number of halogens is 12. The van der Waals surface area contributed by atoms with Gasteiger partial charge in [0.25, 0.3) is 0 Å². The maximum atomic E-state index is 14.8. The van der Waals surface area contributed by atoms with Crippen molar-refractivity contribution < 1.29 is 130 Å². The van der Waals surface area contributed by atoms with Crippen molar-refractivity contribution in [1.82, 2.24) is 0 Å². The number of aliphatic carboxylic acids is 1. The van der Waals surface area contributed by atoms with Crippen molar-refractivity contribution in [1.29, 1.82) is 0 Å². The Morgan fingerprint density at radius 3 is 0.893 bits per heavy atom. The summed E-state index contributed by atoms with van der Waals surface area (Å²) < 4.78 is 206. The second kappa shape index (κ2) is 40.4. The van der Waals surface area contributed by atoms with Gasteiger partial charge in [-0.1, -0.05) is 131 Å². The molecular formula is C75H82F12O16. The fourth-order valence-electron chi connectivity index (χ4n) is 9.25. The van der Waals surface area contributed by atoms with Crippen LogP contribution in [-0.4, -0.2) is 95.8 Å². The predicted octanol–water partition coefficient (Wildman–Crippen LogP) is 18.2. The summed E-state index contributed by atoms with van der Waals surface area (Å²) in [6.45, 7) is 14.1. The smallest absolute Gasteiger partial charge is 0.411 e. The number of carbonyl (C=O) groups excluding carboxylic acids is 5. The molecule has 0 aliphatic heterocycles. The average Bonchev–Trinajstić information content (AvgIpc) is 0.725. The van der Waals surface area contributed by atoms with E-state index in [4.69, 9.17) is 48.5 Å². The third kappa shape index (κ3) is 24.6. The van der Waals surface area contributed by atoms with Crippen LogP contribution < -0.4 is 23.7 Å². The molecule has 0 aliphatic carbocycles. The fraction of sp³-hybridized carbons (Fsp3) is 0.280. The van der Waals surface area contributed by atoms with Crippen LogP contribution in [0, 0.1) is 20.8 Å². The van der Waals surface area contributed by atoms with Crippen molar-refractivity contribution in [2.45, 2.75) is 120 Å². The third-order valence-electron chi connectivity index (χ3n) is 14.1. The summed E-state index contributed by atoms with van der Waals surface area (Å²) >= 11 is 0. The molecule has 7 rings (SSSR count). The second-order valence-electron chi connectivity index (χ2n) is 20.6. The molecular weight excluding hydrogens is 1380 g/mol. The number of aryl methyl sites for hydroxylation is 3. The Bertz CT molecular complexity index is 3720. The Morgan fingerprint density at radius 1 is 0.379 bits per heavy atom. The van der Waals surface area contributed by atoms with Crippen LogP contribution >= 0.6 is 0 Å². The van der Waals surface area contributed by atoms with E-state index >= 15 is 0 Å². The quantitative estimate of drug-likeness (QED) is 0.0168. The van der Waals surface area contributed by atoms with Crippen molar-refractivity contribution in [3.05, 3.63) is 245 Å². The van der Waals surface area contributed by atoms with E-state index in [0.29, 0.717) is 88.0 Å². The standard InChI is InChI=1S/C41H34F6O10.C15H10F6O2.C13H14O4.6CH4/c1-5-35(48)54-23-52-33-13-7-27(25(3)19-33)21-37(50)56-31-15-9-29(10-16-31)39(40(42,43)44,41(45,46)47)30-11-17-32(18-12-30)57-38(51)22-28-8-14-34(20-26(28)4)53-24-55-36(49)6-2;16-14(17,18)13(15(19,20)21,9-1-5-11(22)6-2-9)10-3-7-12(23)8-4-10;1-3-11(14)8-17-12-5-4-10(7-13(15)16)9(2)6-12;;;;;;/h5-20H,1-2,21-24H2,3-4H3;1-8,22-23H;3-6H,1,7-8H2,2H3,(H,15,16);6*1H4. The van der Waals surface area contributed by atoms with Crippen molar-refractivity contribution in [3.63, 3.8) is 0 Å². The Kier molecular flexibility index (Phi) is 36.9. The number of ketones is 1. The van der Waals surface area contributed by atoms with Crippen molar-refractivity contribution in [2.75, 3.05) is 20.2 Å². The lowest BCUT2D eigenvalue weighted by atomic mass is 9.73. The normalized spacial score (nSPS) is 10.9. The minimum atomic E-state index is -5.91. The zero-order chi connectivity index (χ0) is 72.3. The van der Waals surface area contributed by atoms with Crippen LogP contribution in [0.2, 0.25) is 0 Å². The number of aromatic hydroxyl groups is 2. The van der Waals surface area contributed by atoms with Crippen LogP contribution in [0.25, 0.3) is 0 Å². The van der Waals surface area contributed by atoms with E-state index in [1.807, 2.05) is 0 Å². The second-order valence-corrected chi connectivity index (χ2v) is 20.6. The molecule has 0 radical (unpaired) electrons. The molecule has 16 nitrogen and oxygen atoms in total. The maximum Gasteiger partial charge on any atom is 0.411 e. The summed E-state index contributed by atoms with van der Waals surface area (Å²) in [5, 5.41) is 27.0. The van der Waals surface area contributed by atoms with Crippen LogP contribution in [0.15, 0.2) is 190 Å². The fourth-order valence-corrected chi connectivity index (χ4v) is 9.25. The van der Waals surface area contributed by atoms with Gasteiger partial charge in [0, 0.05) is 12.2 Å². The number of alkyl halides is 12. The summed E-state index contributed by atoms with van der Waals surface area (Å²) in [6.07, 6.45) is -20.7. The number of benzene rings is 7. The minimum absolute atomic E-state index is 0. The number of phenols is 2. The van der Waals surface area contributed by atoms with E-state index in [2.05, 4.69) is 19.7 Å². The number of carboxylic acids is 1. The largest absolute Gasteiger partial charge is 0.508 e. The van der Waals surface area contributed by atoms with Gasteiger partial charge < -0.3 is 48.5 Å². The zero-order valence-corrected chi connectivity index (χ0v) is 51.2. The highest BCUT2D eigenvalue weighted by molar-refractivity contribution is 5.90. The number of carbonyl (C=O) groups is 6. The highest BCUT2D eigenvalue weighted by Gasteiger charge is 2.73. The van der Waals surface area contributed by atoms with E-state index in [1.54, 1.807) is 51.1 Å². The monoisotopic (exact) mass is 1470 g/mol. The Balaban J connectivity index is 0. The molecule has 0 unspecified atom stereocenters. The lowest BCUT2D eigenvalue weighted by molar-refractivity contribution is -0.290. The molecule has 0 spiro atoms. The summed E-state index contributed by atoms with van der Waals surface area (Å²) in [5.41, 5.74) is -9.70. The van der Waals surface area contributed by atoms with Gasteiger partial charge in [0.15, 0.2) is 12.4 Å². The van der Waals surface area contributed by atoms with E-state index in [9.17, 15) is 81.5 Å². The van der Waals surface area contributed by atoms with E-state index in [1.165, 1.54) is 30.3 Å². The van der Waals surface area contributed by atoms with E-state index < -0.39 is 99.1 Å². The number of hydrogen-bond donors (Lipinski definition) is 3. The number of carboxylic acid groups (broad SMARTS) is 1. The molecule has 0 fully saturated rings. The molecule has 0 saturated heterocycles. The van der Waals surface area contributed by atoms with Gasteiger partial charge in [0.2, 0.25) is 24.4 Å². The summed E-state index contributed by atoms with van der Waals surface area (Å²) in [7, 11) is 0. The number of phenolic OH excluding ortho intramolecular Hbond substituents is 2. The van der Waals surface area contributed by atoms with Gasteiger partial charge in [-0.2, -0.15) is 52.7 Å². The van der Waals surface area contributed by atoms with Gasteiger partial charge in [0.05, 0.1) is 19.3 Å². The number of esters is 4. The summed E-state index contributed by atoms with van der Waals surface area (Å²) in [4.78, 5) is 69.2. The first-order chi connectivity index (χ1) is 45.4. The van der Waals surface area contributed by atoms with Gasteiger partial charge in [-0.15, -0.1) is 0 Å². The van der Waals surface area contributed by atoms with Gasteiger partial charge in [0.1, 0.15) is 40.2 Å². The van der Waals surface area contributed by atoms with Crippen molar-refractivity contribution in [3.8, 4) is 40.2 Å². The molecule has 0 aromatic heterocycles. The number of ether oxygens (including phenoxy) is 7. The van der Waals surface area contributed by atoms with E-state index in [0.717, 1.165) is 71.8 Å². The highest BCUT2D eigenvalue weighted by atomic mass is 19.4. The number of hydrogen-bond acceptors (Lipinski definition) is 15. The molecule has 0 heterocycles. The average molecular weight is 1470 g/mol. The van der Waals surface area contributed by atoms with Crippen LogP contribution in [-0.2, 0) is 68.3 Å². The lowest BCUT2D eigenvalue weighted by Crippen LogP contribution is -2.54. The molecule has 7 aromatic carbocycles. The molecule has 0 bridgehead atoms. The molecule has 0 atom stereocenters. The minimum Gasteiger partial charge on any atom is -0.508 e. The topological polar surface area (TPSA) is 228 Å². The van der Waals surface area contributed by atoms with Crippen molar-refractivity contribution in [2.24, 2.45) is 0 Å². The molecule has 7 aromatic rings. The molecule has 0 amide bonds. The Hall–Kier alpha value is -11.1. The predicted molar refractivity (Wildman–Crippen MR) is 363 cm³/mol. The van der Waals surface area contributed by atoms with Crippen LogP contribution in [0.5, 0.6) is 40.2 Å². The molecule has 103 heavy (non-hydrogen) atoms.